The standard InChI is InChI=1S/C24H45P/c1-9-13-17-21(5)25(22(6)18-14-10-2,23(7)19-15-11-3)24(8)20-16-12-4/h25H,5-20H2,1-4H3. The summed E-state index contributed by atoms with van der Waals surface area (Å²) in [4.78, 5) is 0. The normalized spacial score (nSPS) is 12.0. The second kappa shape index (κ2) is 13.6. The van der Waals surface area contributed by atoms with Crippen molar-refractivity contribution in [1.82, 2.24) is 0 Å². The van der Waals surface area contributed by atoms with Crippen LogP contribution < -0.4 is 0 Å². The number of hydrogen-bond donors (Lipinski definition) is 0. The van der Waals surface area contributed by atoms with E-state index in [9.17, 15) is 0 Å². The van der Waals surface area contributed by atoms with Gasteiger partial charge in [-0.1, -0.05) is 0 Å². The second-order valence-electron chi connectivity index (χ2n) is 7.58. The molecule has 0 rings (SSSR count). The average Bonchev–Trinajstić information content (AvgIpc) is 2.61. The molecule has 0 N–H and O–H groups in total. The molecular weight excluding hydrogens is 319 g/mol. The SMILES string of the molecule is C=C(CCCC)[PH](C(=C)CCCC)(C(=C)CCCC)C(=C)CCCC. The molecule has 0 nitrogen and oxygen atoms in total. The van der Waals surface area contributed by atoms with Crippen molar-refractivity contribution in [3.05, 3.63) is 47.6 Å². The predicted octanol–water partition coefficient (Wildman–Crippen LogP) is 9.55. The van der Waals surface area contributed by atoms with Crippen LogP contribution in [0.3, 0.4) is 0 Å². The van der Waals surface area contributed by atoms with Crippen molar-refractivity contribution in [2.75, 3.05) is 0 Å². The van der Waals surface area contributed by atoms with Crippen LogP contribution in [0.4, 0.5) is 0 Å². The maximum absolute atomic E-state index is 4.63. The van der Waals surface area contributed by atoms with Gasteiger partial charge in [-0.05, 0) is 0 Å². The van der Waals surface area contributed by atoms with Crippen LogP contribution in [0.15, 0.2) is 47.6 Å². The van der Waals surface area contributed by atoms with E-state index in [4.69, 9.17) is 0 Å². The first-order chi connectivity index (χ1) is 11.9. The van der Waals surface area contributed by atoms with Crippen molar-refractivity contribution in [1.29, 1.82) is 0 Å². The Balaban J connectivity index is 5.90. The van der Waals surface area contributed by atoms with Gasteiger partial charge in [0.1, 0.15) is 0 Å². The zero-order chi connectivity index (χ0) is 19.3. The quantitative estimate of drug-likeness (QED) is 0.239. The van der Waals surface area contributed by atoms with E-state index in [1.807, 2.05) is 0 Å². The molecule has 0 unspecified atom stereocenters. The van der Waals surface area contributed by atoms with Crippen LogP contribution in [0.2, 0.25) is 0 Å². The Bertz CT molecular complexity index is 356. The van der Waals surface area contributed by atoms with Crippen molar-refractivity contribution in [3.8, 4) is 0 Å². The zero-order valence-electron chi connectivity index (χ0n) is 17.8. The van der Waals surface area contributed by atoms with Gasteiger partial charge < -0.3 is 0 Å². The third kappa shape index (κ3) is 6.90. The topological polar surface area (TPSA) is 0 Å². The molecule has 0 aliphatic rings. The van der Waals surface area contributed by atoms with Gasteiger partial charge in [-0.3, -0.25) is 0 Å². The van der Waals surface area contributed by atoms with Crippen LogP contribution in [0, 0.1) is 0 Å². The van der Waals surface area contributed by atoms with Crippen LogP contribution in [-0.2, 0) is 0 Å². The Morgan fingerprint density at radius 2 is 0.680 bits per heavy atom. The minimum absolute atomic E-state index is 1.12. The first-order valence-electron chi connectivity index (χ1n) is 10.7. The zero-order valence-corrected chi connectivity index (χ0v) is 18.8. The summed E-state index contributed by atoms with van der Waals surface area (Å²) >= 11 is 0. The Kier molecular flexibility index (Phi) is 13.2. The van der Waals surface area contributed by atoms with E-state index < -0.39 is 7.26 Å². The fourth-order valence-electron chi connectivity index (χ4n) is 3.81. The number of hydrogen-bond acceptors (Lipinski definition) is 0. The van der Waals surface area contributed by atoms with Gasteiger partial charge in [0.15, 0.2) is 0 Å². The van der Waals surface area contributed by atoms with E-state index in [0.29, 0.717) is 0 Å². The van der Waals surface area contributed by atoms with Gasteiger partial charge in [0.2, 0.25) is 0 Å². The van der Waals surface area contributed by atoms with E-state index in [2.05, 4.69) is 54.0 Å². The molecule has 0 atom stereocenters. The van der Waals surface area contributed by atoms with Crippen LogP contribution in [0.25, 0.3) is 0 Å². The van der Waals surface area contributed by atoms with Crippen molar-refractivity contribution in [3.63, 3.8) is 0 Å². The molecule has 0 heterocycles. The van der Waals surface area contributed by atoms with Crippen molar-refractivity contribution < 1.29 is 0 Å². The maximum atomic E-state index is 4.63. The third-order valence-corrected chi connectivity index (χ3v) is 10.7. The van der Waals surface area contributed by atoms with E-state index in [0.717, 1.165) is 25.7 Å². The van der Waals surface area contributed by atoms with E-state index >= 15 is 0 Å². The fourth-order valence-corrected chi connectivity index (χ4v) is 9.02. The molecule has 0 radical (unpaired) electrons. The Morgan fingerprint density at radius 3 is 0.840 bits per heavy atom. The summed E-state index contributed by atoms with van der Waals surface area (Å²) in [6, 6.07) is 0. The number of allylic oxidation sites excluding steroid dienone is 4. The van der Waals surface area contributed by atoms with Gasteiger partial charge in [0, 0.05) is 0 Å². The molecule has 0 bridgehead atoms. The van der Waals surface area contributed by atoms with E-state index in [-0.39, 0.29) is 0 Å². The number of rotatable bonds is 16. The summed E-state index contributed by atoms with van der Waals surface area (Å²) in [5.41, 5.74) is 0. The molecule has 25 heavy (non-hydrogen) atoms. The Labute approximate surface area is 159 Å². The molecular formula is C24H45P. The van der Waals surface area contributed by atoms with E-state index in [1.165, 1.54) is 72.6 Å². The molecule has 0 spiro atoms. The second-order valence-corrected chi connectivity index (χ2v) is 11.9. The van der Waals surface area contributed by atoms with Crippen LogP contribution in [0.5, 0.6) is 0 Å². The minimum atomic E-state index is -2.14. The predicted molar refractivity (Wildman–Crippen MR) is 123 cm³/mol. The fraction of sp³-hybridized carbons (Fsp3) is 0.667. The van der Waals surface area contributed by atoms with Gasteiger partial charge in [-0.15, -0.1) is 0 Å². The van der Waals surface area contributed by atoms with Crippen LogP contribution in [-0.4, -0.2) is 0 Å². The van der Waals surface area contributed by atoms with Crippen molar-refractivity contribution >= 4 is 7.26 Å². The Hall–Kier alpha value is -0.610. The monoisotopic (exact) mass is 364 g/mol. The molecule has 0 saturated carbocycles. The summed E-state index contributed by atoms with van der Waals surface area (Å²) in [6.45, 7) is 27.6. The summed E-state index contributed by atoms with van der Waals surface area (Å²) in [5, 5.41) is 5.71. The Morgan fingerprint density at radius 1 is 0.480 bits per heavy atom. The summed E-state index contributed by atoms with van der Waals surface area (Å²) in [6.07, 6.45) is 14.2. The average molecular weight is 365 g/mol. The molecule has 0 aliphatic carbocycles. The molecule has 0 fully saturated rings. The van der Waals surface area contributed by atoms with Crippen molar-refractivity contribution in [2.45, 2.75) is 105 Å². The summed E-state index contributed by atoms with van der Waals surface area (Å²) in [5.74, 6) is 0. The molecule has 146 valence electrons. The van der Waals surface area contributed by atoms with Crippen LogP contribution in [0.1, 0.15) is 105 Å². The molecule has 0 aromatic rings. The molecule has 0 amide bonds. The molecule has 1 heteroatoms. The van der Waals surface area contributed by atoms with Gasteiger partial charge in [0.25, 0.3) is 0 Å². The van der Waals surface area contributed by atoms with Gasteiger partial charge >= 0.3 is 160 Å². The first kappa shape index (κ1) is 24.4. The third-order valence-electron chi connectivity index (χ3n) is 5.45. The van der Waals surface area contributed by atoms with Gasteiger partial charge in [-0.2, -0.15) is 0 Å². The van der Waals surface area contributed by atoms with E-state index in [1.54, 1.807) is 0 Å². The molecule has 0 saturated heterocycles. The van der Waals surface area contributed by atoms with Gasteiger partial charge in [-0.25, -0.2) is 0 Å². The number of unbranched alkanes of at least 4 members (excludes halogenated alkanes) is 4. The molecule has 0 aromatic carbocycles. The first-order valence-corrected chi connectivity index (χ1v) is 12.7. The summed E-state index contributed by atoms with van der Waals surface area (Å²) < 4.78 is 0. The molecule has 0 aliphatic heterocycles. The molecule has 0 aromatic heterocycles. The van der Waals surface area contributed by atoms with Crippen molar-refractivity contribution in [2.24, 2.45) is 0 Å². The van der Waals surface area contributed by atoms with Gasteiger partial charge in [0.05, 0.1) is 0 Å². The van der Waals surface area contributed by atoms with Crippen LogP contribution >= 0.6 is 7.26 Å². The summed E-state index contributed by atoms with van der Waals surface area (Å²) in [7, 11) is -2.14.